The van der Waals surface area contributed by atoms with Crippen LogP contribution in [0.15, 0.2) is 89.3 Å². The van der Waals surface area contributed by atoms with E-state index in [-0.39, 0.29) is 0 Å². The van der Waals surface area contributed by atoms with Gasteiger partial charge in [0.1, 0.15) is 5.69 Å². The molecular weight excluding hydrogens is 426 g/mol. The van der Waals surface area contributed by atoms with Crippen molar-refractivity contribution in [3.05, 3.63) is 96.4 Å². The average molecular weight is 454 g/mol. The van der Waals surface area contributed by atoms with Gasteiger partial charge in [0.2, 0.25) is 0 Å². The second kappa shape index (κ2) is 9.96. The Morgan fingerprint density at radius 3 is 2.41 bits per heavy atom. The molecule has 0 aliphatic heterocycles. The first-order chi connectivity index (χ1) is 16.7. The number of nitrogens with zero attached hydrogens (tertiary/aromatic N) is 1. The van der Waals surface area contributed by atoms with Crippen molar-refractivity contribution in [3.8, 4) is 28.3 Å². The molecular formula is C29H27NO4. The summed E-state index contributed by atoms with van der Waals surface area (Å²) in [6, 6.07) is 28.2. The molecule has 2 unspecified atom stereocenters. The van der Waals surface area contributed by atoms with Crippen LogP contribution >= 0.6 is 0 Å². The Morgan fingerprint density at radius 1 is 0.941 bits per heavy atom. The Morgan fingerprint density at radius 2 is 1.68 bits per heavy atom. The van der Waals surface area contributed by atoms with Crippen LogP contribution in [0.3, 0.4) is 0 Å². The van der Waals surface area contributed by atoms with Crippen LogP contribution in [0.2, 0.25) is 0 Å². The molecule has 1 saturated carbocycles. The quantitative estimate of drug-likeness (QED) is 0.223. The van der Waals surface area contributed by atoms with Crippen LogP contribution in [0.1, 0.15) is 43.6 Å². The van der Waals surface area contributed by atoms with Gasteiger partial charge in [-0.25, -0.2) is 9.78 Å². The van der Waals surface area contributed by atoms with Crippen molar-refractivity contribution >= 4 is 5.97 Å². The summed E-state index contributed by atoms with van der Waals surface area (Å²) in [4.78, 5) is 25.9. The molecule has 3 aromatic carbocycles. The summed E-state index contributed by atoms with van der Waals surface area (Å²) in [5.41, 5.74) is 4.14. The van der Waals surface area contributed by atoms with E-state index in [1.807, 2.05) is 48.5 Å². The maximum absolute atomic E-state index is 11.1. The van der Waals surface area contributed by atoms with E-state index in [9.17, 15) is 4.79 Å². The molecule has 0 spiro atoms. The fraction of sp³-hybridized carbons (Fsp3) is 0.241. The normalized spacial score (nSPS) is 17.4. The number of carbonyl (C=O) groups is 1. The summed E-state index contributed by atoms with van der Waals surface area (Å²) < 4.78 is 6.40. The molecule has 0 amide bonds. The summed E-state index contributed by atoms with van der Waals surface area (Å²) >= 11 is 0. The molecule has 5 rings (SSSR count). The predicted molar refractivity (Wildman–Crippen MR) is 130 cm³/mol. The molecule has 0 saturated heterocycles. The lowest BCUT2D eigenvalue weighted by Gasteiger charge is -2.19. The van der Waals surface area contributed by atoms with Gasteiger partial charge in [-0.15, -0.1) is 0 Å². The van der Waals surface area contributed by atoms with E-state index >= 15 is 0 Å². The third-order valence-corrected chi connectivity index (χ3v) is 6.39. The first-order valence-electron chi connectivity index (χ1n) is 11.7. The molecule has 1 heterocycles. The summed E-state index contributed by atoms with van der Waals surface area (Å²) in [6.07, 6.45) is 4.14. The Balaban J connectivity index is 1.41. The molecule has 0 bridgehead atoms. The molecule has 34 heavy (non-hydrogen) atoms. The van der Waals surface area contributed by atoms with Crippen LogP contribution < -0.4 is 4.89 Å². The van der Waals surface area contributed by atoms with Crippen molar-refractivity contribution in [1.82, 2.24) is 4.98 Å². The molecule has 0 N–H and O–H groups in total. The second-order valence-electron chi connectivity index (χ2n) is 8.75. The summed E-state index contributed by atoms with van der Waals surface area (Å²) in [5, 5.41) is 0. The Kier molecular flexibility index (Phi) is 6.43. The molecule has 1 fully saturated rings. The Hall–Kier alpha value is -3.86. The number of carbonyl (C=O) groups excluding carboxylic acids is 1. The molecule has 172 valence electrons. The molecule has 5 nitrogen and oxygen atoms in total. The van der Waals surface area contributed by atoms with Crippen LogP contribution in [-0.4, -0.2) is 11.0 Å². The van der Waals surface area contributed by atoms with Gasteiger partial charge in [-0.05, 0) is 42.4 Å². The number of aromatic nitrogens is 1. The lowest BCUT2D eigenvalue weighted by molar-refractivity contribution is -0.210. The van der Waals surface area contributed by atoms with Gasteiger partial charge < -0.3 is 4.42 Å². The third-order valence-electron chi connectivity index (χ3n) is 6.39. The zero-order valence-corrected chi connectivity index (χ0v) is 19.1. The molecule has 2 atom stereocenters. The van der Waals surface area contributed by atoms with Gasteiger partial charge in [-0.3, -0.25) is 9.78 Å². The topological polar surface area (TPSA) is 61.6 Å². The van der Waals surface area contributed by atoms with Gasteiger partial charge in [0.15, 0.2) is 17.4 Å². The van der Waals surface area contributed by atoms with Crippen molar-refractivity contribution in [2.75, 3.05) is 0 Å². The smallest absolute Gasteiger partial charge is 0.352 e. The highest BCUT2D eigenvalue weighted by molar-refractivity contribution is 5.76. The van der Waals surface area contributed by atoms with Gasteiger partial charge in [-0.1, -0.05) is 79.2 Å². The van der Waals surface area contributed by atoms with Crippen molar-refractivity contribution in [3.63, 3.8) is 0 Å². The van der Waals surface area contributed by atoms with Crippen LogP contribution in [0, 0.1) is 5.92 Å². The van der Waals surface area contributed by atoms with Gasteiger partial charge in [-0.2, -0.15) is 0 Å². The van der Waals surface area contributed by atoms with Crippen molar-refractivity contribution in [2.45, 2.75) is 38.5 Å². The van der Waals surface area contributed by atoms with Crippen molar-refractivity contribution in [1.29, 1.82) is 0 Å². The monoisotopic (exact) mass is 453 g/mol. The SMILES string of the molecule is CC(=O)OOc1cccc(C2CCCC2Cc2nc(-c3ccccc3)c(-c3ccccc3)o2)c1. The van der Waals surface area contributed by atoms with Gasteiger partial charge in [0.25, 0.3) is 0 Å². The number of hydrogen-bond acceptors (Lipinski definition) is 5. The molecule has 5 heteroatoms. The zero-order valence-electron chi connectivity index (χ0n) is 19.1. The van der Waals surface area contributed by atoms with Crippen LogP contribution in [0.25, 0.3) is 22.6 Å². The highest BCUT2D eigenvalue weighted by Gasteiger charge is 2.31. The van der Waals surface area contributed by atoms with E-state index in [2.05, 4.69) is 30.3 Å². The minimum atomic E-state index is -0.475. The van der Waals surface area contributed by atoms with Gasteiger partial charge in [0.05, 0.1) is 0 Å². The number of benzene rings is 3. The van der Waals surface area contributed by atoms with Crippen molar-refractivity contribution in [2.24, 2.45) is 5.92 Å². The summed E-state index contributed by atoms with van der Waals surface area (Å²) in [5.74, 6) is 2.42. The minimum Gasteiger partial charge on any atom is -0.440 e. The first kappa shape index (κ1) is 22.0. The van der Waals surface area contributed by atoms with E-state index in [0.717, 1.165) is 54.2 Å². The third kappa shape index (κ3) is 4.88. The molecule has 4 aromatic rings. The lowest BCUT2D eigenvalue weighted by atomic mass is 9.86. The highest BCUT2D eigenvalue weighted by atomic mass is 17.2. The maximum Gasteiger partial charge on any atom is 0.352 e. The van der Waals surface area contributed by atoms with E-state index < -0.39 is 5.97 Å². The first-order valence-corrected chi connectivity index (χ1v) is 11.7. The van der Waals surface area contributed by atoms with Crippen LogP contribution in [0.5, 0.6) is 5.75 Å². The molecule has 1 aliphatic carbocycles. The van der Waals surface area contributed by atoms with Crippen LogP contribution in [-0.2, 0) is 16.1 Å². The molecule has 1 aliphatic rings. The molecule has 1 aromatic heterocycles. The number of oxazole rings is 1. The Labute approximate surface area is 199 Å². The summed E-state index contributed by atoms with van der Waals surface area (Å²) in [7, 11) is 0. The number of rotatable bonds is 7. The van der Waals surface area contributed by atoms with Gasteiger partial charge in [0, 0.05) is 24.5 Å². The largest absolute Gasteiger partial charge is 0.440 e. The van der Waals surface area contributed by atoms with Gasteiger partial charge >= 0.3 is 5.97 Å². The fourth-order valence-electron chi connectivity index (χ4n) is 4.88. The van der Waals surface area contributed by atoms with E-state index in [0.29, 0.717) is 17.6 Å². The van der Waals surface area contributed by atoms with Crippen molar-refractivity contribution < 1.29 is 19.0 Å². The zero-order chi connectivity index (χ0) is 23.3. The van der Waals surface area contributed by atoms with E-state index in [1.165, 1.54) is 12.5 Å². The Bertz CT molecular complexity index is 1190. The minimum absolute atomic E-state index is 0.369. The van der Waals surface area contributed by atoms with E-state index in [1.54, 1.807) is 6.07 Å². The predicted octanol–water partition coefficient (Wildman–Crippen LogP) is 6.99. The average Bonchev–Trinajstić information content (AvgIpc) is 3.52. The standard InChI is InChI=1S/C29H27NO4/c1-20(31)33-34-25-16-8-14-23(18-25)26-17-9-15-24(26)19-27-30-28(21-10-4-2-5-11-21)29(32-27)22-12-6-3-7-13-22/h2-8,10-14,16,18,24,26H,9,15,17,19H2,1H3. The summed E-state index contributed by atoms with van der Waals surface area (Å²) in [6.45, 7) is 1.32. The number of hydrogen-bond donors (Lipinski definition) is 0. The lowest BCUT2D eigenvalue weighted by Crippen LogP contribution is -2.10. The van der Waals surface area contributed by atoms with E-state index in [4.69, 9.17) is 19.2 Å². The second-order valence-corrected chi connectivity index (χ2v) is 8.75. The molecule has 0 radical (unpaired) electrons. The maximum atomic E-state index is 11.1. The van der Waals surface area contributed by atoms with Crippen LogP contribution in [0.4, 0.5) is 0 Å². The highest BCUT2D eigenvalue weighted by Crippen LogP contribution is 2.43. The fourth-order valence-corrected chi connectivity index (χ4v) is 4.88.